The minimum atomic E-state index is -1.33. The van der Waals surface area contributed by atoms with Crippen LogP contribution >= 0.6 is 0 Å². The van der Waals surface area contributed by atoms with E-state index in [1.54, 1.807) is 17.5 Å². The lowest BCUT2D eigenvalue weighted by Crippen LogP contribution is -2.05. The summed E-state index contributed by atoms with van der Waals surface area (Å²) in [7, 11) is 0. The SMILES string of the molecule is Cc1ncc2c(N)nc3cc(F)c(C(=O)O)cc3n12. The zero-order chi connectivity index (χ0) is 13.7. The maximum atomic E-state index is 13.6. The van der Waals surface area contributed by atoms with Crippen molar-refractivity contribution in [2.24, 2.45) is 0 Å². The molecule has 0 aliphatic rings. The zero-order valence-electron chi connectivity index (χ0n) is 9.88. The van der Waals surface area contributed by atoms with Gasteiger partial charge in [-0.1, -0.05) is 0 Å². The summed E-state index contributed by atoms with van der Waals surface area (Å²) in [6.07, 6.45) is 1.54. The van der Waals surface area contributed by atoms with Crippen LogP contribution in [0.3, 0.4) is 0 Å². The Bertz CT molecular complexity index is 841. The lowest BCUT2D eigenvalue weighted by molar-refractivity contribution is 0.0692. The molecule has 3 aromatic rings. The molecule has 96 valence electrons. The number of hydrogen-bond donors (Lipinski definition) is 2. The van der Waals surface area contributed by atoms with Crippen LogP contribution in [0, 0.1) is 12.7 Å². The van der Waals surface area contributed by atoms with E-state index in [2.05, 4.69) is 9.97 Å². The van der Waals surface area contributed by atoms with Gasteiger partial charge in [0.1, 0.15) is 23.0 Å². The standard InChI is InChI=1S/C12H9FN4O2/c1-5-15-4-10-11(14)16-8-3-7(13)6(12(18)19)2-9(8)17(5)10/h2-4H,1H3,(H2,14,16)(H,18,19). The van der Waals surface area contributed by atoms with Crippen molar-refractivity contribution in [3.63, 3.8) is 0 Å². The van der Waals surface area contributed by atoms with Gasteiger partial charge in [-0.3, -0.25) is 4.40 Å². The van der Waals surface area contributed by atoms with Crippen LogP contribution in [0.4, 0.5) is 10.2 Å². The molecule has 0 saturated heterocycles. The van der Waals surface area contributed by atoms with Crippen molar-refractivity contribution < 1.29 is 14.3 Å². The van der Waals surface area contributed by atoms with Gasteiger partial charge in [-0.25, -0.2) is 19.2 Å². The third-order valence-corrected chi connectivity index (χ3v) is 2.98. The van der Waals surface area contributed by atoms with E-state index < -0.39 is 17.3 Å². The van der Waals surface area contributed by atoms with Crippen molar-refractivity contribution in [3.05, 3.63) is 35.5 Å². The number of nitrogens with two attached hydrogens (primary N) is 1. The number of hydrogen-bond acceptors (Lipinski definition) is 4. The number of benzene rings is 1. The largest absolute Gasteiger partial charge is 0.478 e. The highest BCUT2D eigenvalue weighted by atomic mass is 19.1. The lowest BCUT2D eigenvalue weighted by atomic mass is 10.1. The maximum Gasteiger partial charge on any atom is 0.338 e. The van der Waals surface area contributed by atoms with Crippen LogP contribution < -0.4 is 5.73 Å². The highest BCUT2D eigenvalue weighted by molar-refractivity contribution is 5.94. The molecule has 0 bridgehead atoms. The predicted molar refractivity (Wildman–Crippen MR) is 66.6 cm³/mol. The van der Waals surface area contributed by atoms with Crippen molar-refractivity contribution in [2.75, 3.05) is 5.73 Å². The number of carboxylic acid groups (broad SMARTS) is 1. The molecule has 0 unspecified atom stereocenters. The van der Waals surface area contributed by atoms with E-state index in [0.29, 0.717) is 16.9 Å². The summed E-state index contributed by atoms with van der Waals surface area (Å²) in [6.45, 7) is 1.75. The summed E-state index contributed by atoms with van der Waals surface area (Å²) in [6, 6.07) is 2.30. The highest BCUT2D eigenvalue weighted by Gasteiger charge is 2.16. The first-order valence-electron chi connectivity index (χ1n) is 5.45. The number of rotatable bonds is 1. The Kier molecular flexibility index (Phi) is 2.19. The molecule has 0 fully saturated rings. The Morgan fingerprint density at radius 3 is 2.84 bits per heavy atom. The first-order valence-corrected chi connectivity index (χ1v) is 5.45. The van der Waals surface area contributed by atoms with Crippen molar-refractivity contribution >= 4 is 28.3 Å². The van der Waals surface area contributed by atoms with Crippen LogP contribution in [0.2, 0.25) is 0 Å². The maximum absolute atomic E-state index is 13.6. The molecule has 0 aliphatic heterocycles. The van der Waals surface area contributed by atoms with Crippen molar-refractivity contribution in [2.45, 2.75) is 6.92 Å². The van der Waals surface area contributed by atoms with Crippen molar-refractivity contribution in [1.82, 2.24) is 14.4 Å². The third kappa shape index (κ3) is 1.51. The molecule has 0 saturated carbocycles. The Morgan fingerprint density at radius 1 is 1.42 bits per heavy atom. The van der Waals surface area contributed by atoms with E-state index in [9.17, 15) is 9.18 Å². The molecule has 3 rings (SSSR count). The number of nitrogen functional groups attached to an aromatic ring is 1. The van der Waals surface area contributed by atoms with Crippen LogP contribution in [0.1, 0.15) is 16.2 Å². The topological polar surface area (TPSA) is 93.5 Å². The molecule has 0 amide bonds. The molecular formula is C12H9FN4O2. The van der Waals surface area contributed by atoms with Gasteiger partial charge >= 0.3 is 5.97 Å². The van der Waals surface area contributed by atoms with Crippen LogP contribution in [-0.2, 0) is 0 Å². The van der Waals surface area contributed by atoms with E-state index in [1.165, 1.54) is 6.07 Å². The zero-order valence-corrected chi connectivity index (χ0v) is 9.88. The van der Waals surface area contributed by atoms with Gasteiger partial charge < -0.3 is 10.8 Å². The smallest absolute Gasteiger partial charge is 0.338 e. The molecule has 0 aliphatic carbocycles. The van der Waals surface area contributed by atoms with E-state index in [1.807, 2.05) is 0 Å². The second-order valence-electron chi connectivity index (χ2n) is 4.15. The van der Waals surface area contributed by atoms with Gasteiger partial charge in [-0.2, -0.15) is 0 Å². The molecule has 3 N–H and O–H groups in total. The summed E-state index contributed by atoms with van der Waals surface area (Å²) in [5, 5.41) is 8.96. The summed E-state index contributed by atoms with van der Waals surface area (Å²) in [5.41, 5.74) is 6.67. The summed E-state index contributed by atoms with van der Waals surface area (Å²) < 4.78 is 15.3. The Balaban J connectivity index is 2.56. The quantitative estimate of drug-likeness (QED) is 0.693. The number of aryl methyl sites for hydroxylation is 1. The molecule has 1 aromatic carbocycles. The van der Waals surface area contributed by atoms with Crippen LogP contribution in [-0.4, -0.2) is 25.4 Å². The molecule has 0 spiro atoms. The first-order chi connectivity index (χ1) is 8.99. The van der Waals surface area contributed by atoms with E-state index in [4.69, 9.17) is 10.8 Å². The fraction of sp³-hybridized carbons (Fsp3) is 0.0833. The third-order valence-electron chi connectivity index (χ3n) is 2.98. The van der Waals surface area contributed by atoms with Crippen LogP contribution in [0.15, 0.2) is 18.3 Å². The average molecular weight is 260 g/mol. The Morgan fingerprint density at radius 2 is 2.16 bits per heavy atom. The molecule has 0 radical (unpaired) electrons. The van der Waals surface area contributed by atoms with Gasteiger partial charge in [0.05, 0.1) is 22.8 Å². The second kappa shape index (κ2) is 3.64. The number of aromatic carboxylic acids is 1. The molecule has 7 heteroatoms. The number of anilines is 1. The van der Waals surface area contributed by atoms with Crippen molar-refractivity contribution in [1.29, 1.82) is 0 Å². The van der Waals surface area contributed by atoms with E-state index in [0.717, 1.165) is 6.07 Å². The number of imidazole rings is 1. The molecule has 19 heavy (non-hydrogen) atoms. The normalized spacial score (nSPS) is 11.3. The van der Waals surface area contributed by atoms with E-state index >= 15 is 0 Å². The number of carbonyl (C=O) groups is 1. The van der Waals surface area contributed by atoms with Gasteiger partial charge in [0.2, 0.25) is 0 Å². The Labute approximate surface area is 106 Å². The molecule has 6 nitrogen and oxygen atoms in total. The summed E-state index contributed by atoms with van der Waals surface area (Å²) >= 11 is 0. The fourth-order valence-corrected chi connectivity index (χ4v) is 2.10. The predicted octanol–water partition coefficient (Wildman–Crippen LogP) is 1.61. The molecule has 0 atom stereocenters. The van der Waals surface area contributed by atoms with E-state index in [-0.39, 0.29) is 11.3 Å². The van der Waals surface area contributed by atoms with Gasteiger partial charge in [0.25, 0.3) is 0 Å². The number of fused-ring (bicyclic) bond motifs is 3. The minimum Gasteiger partial charge on any atom is -0.478 e. The summed E-state index contributed by atoms with van der Waals surface area (Å²) in [4.78, 5) is 19.1. The van der Waals surface area contributed by atoms with Gasteiger partial charge in [-0.05, 0) is 13.0 Å². The monoisotopic (exact) mass is 260 g/mol. The molecule has 2 aromatic heterocycles. The fourth-order valence-electron chi connectivity index (χ4n) is 2.10. The molecular weight excluding hydrogens is 251 g/mol. The van der Waals surface area contributed by atoms with Crippen molar-refractivity contribution in [3.8, 4) is 0 Å². The number of halogens is 1. The average Bonchev–Trinajstić information content (AvgIpc) is 2.71. The number of aromatic nitrogens is 3. The minimum absolute atomic E-state index is 0.218. The summed E-state index contributed by atoms with van der Waals surface area (Å²) in [5.74, 6) is -1.33. The van der Waals surface area contributed by atoms with Gasteiger partial charge in [0, 0.05) is 6.07 Å². The molecule has 2 heterocycles. The van der Waals surface area contributed by atoms with Gasteiger partial charge in [0.15, 0.2) is 0 Å². The first kappa shape index (κ1) is 11.4. The van der Waals surface area contributed by atoms with Crippen LogP contribution in [0.5, 0.6) is 0 Å². The highest BCUT2D eigenvalue weighted by Crippen LogP contribution is 2.24. The number of carboxylic acids is 1. The Hall–Kier alpha value is -2.70. The lowest BCUT2D eigenvalue weighted by Gasteiger charge is -2.07. The van der Waals surface area contributed by atoms with Crippen LogP contribution in [0.25, 0.3) is 16.6 Å². The van der Waals surface area contributed by atoms with Gasteiger partial charge in [-0.15, -0.1) is 0 Å². The number of nitrogens with zero attached hydrogens (tertiary/aromatic N) is 3. The second-order valence-corrected chi connectivity index (χ2v) is 4.15.